The van der Waals surface area contributed by atoms with E-state index in [1.54, 1.807) is 0 Å². The van der Waals surface area contributed by atoms with E-state index in [1.807, 2.05) is 18.2 Å². The number of hydrogen-bond acceptors (Lipinski definition) is 3. The van der Waals surface area contributed by atoms with Crippen molar-refractivity contribution < 1.29 is 13.6 Å². The topological polar surface area (TPSA) is 35.6 Å². The summed E-state index contributed by atoms with van der Waals surface area (Å²) < 4.78 is 26.6. The molecule has 0 saturated carbocycles. The molecule has 1 fully saturated rings. The summed E-state index contributed by atoms with van der Waals surface area (Å²) in [5.74, 6) is -2.00. The van der Waals surface area contributed by atoms with Crippen molar-refractivity contribution in [3.8, 4) is 0 Å². The van der Waals surface area contributed by atoms with Crippen LogP contribution in [0.25, 0.3) is 0 Å². The summed E-state index contributed by atoms with van der Waals surface area (Å²) in [6, 6.07) is 10.8. The average molecular weight is 373 g/mol. The highest BCUT2D eigenvalue weighted by atomic mass is 19.1. The van der Waals surface area contributed by atoms with Crippen molar-refractivity contribution >= 4 is 5.91 Å². The van der Waals surface area contributed by atoms with Crippen LogP contribution in [0.5, 0.6) is 0 Å². The fourth-order valence-electron chi connectivity index (χ4n) is 3.35. The van der Waals surface area contributed by atoms with E-state index >= 15 is 0 Å². The summed E-state index contributed by atoms with van der Waals surface area (Å²) in [6.07, 6.45) is 0. The van der Waals surface area contributed by atoms with E-state index in [4.69, 9.17) is 0 Å². The van der Waals surface area contributed by atoms with Gasteiger partial charge in [0.15, 0.2) is 0 Å². The molecule has 1 amide bonds. The summed E-state index contributed by atoms with van der Waals surface area (Å²) >= 11 is 0. The predicted molar refractivity (Wildman–Crippen MR) is 101 cm³/mol. The Labute approximate surface area is 158 Å². The van der Waals surface area contributed by atoms with Crippen LogP contribution in [-0.4, -0.2) is 48.4 Å². The van der Waals surface area contributed by atoms with E-state index in [0.29, 0.717) is 6.54 Å². The molecule has 2 aromatic rings. The molecule has 0 spiro atoms. The van der Waals surface area contributed by atoms with E-state index in [9.17, 15) is 13.6 Å². The normalized spacial score (nSPS) is 15.7. The molecule has 0 unspecified atom stereocenters. The molecule has 6 heteroatoms. The molecule has 0 radical (unpaired) electrons. The third-order valence-corrected chi connectivity index (χ3v) is 4.99. The summed E-state index contributed by atoms with van der Waals surface area (Å²) in [7, 11) is 0. The van der Waals surface area contributed by atoms with Crippen LogP contribution in [-0.2, 0) is 13.1 Å². The van der Waals surface area contributed by atoms with Crippen LogP contribution in [0, 0.1) is 11.6 Å². The van der Waals surface area contributed by atoms with Gasteiger partial charge in [0.1, 0.15) is 11.6 Å². The molecule has 0 bridgehead atoms. The summed E-state index contributed by atoms with van der Waals surface area (Å²) in [6.45, 7) is 8.60. The van der Waals surface area contributed by atoms with E-state index in [2.05, 4.69) is 28.1 Å². The molecule has 0 aromatic heterocycles. The number of carbonyl (C=O) groups is 1. The Balaban J connectivity index is 1.61. The fourth-order valence-corrected chi connectivity index (χ4v) is 3.35. The first-order chi connectivity index (χ1) is 13.0. The van der Waals surface area contributed by atoms with Crippen molar-refractivity contribution in [3.63, 3.8) is 0 Å². The number of hydrogen-bond donors (Lipinski definition) is 1. The van der Waals surface area contributed by atoms with Crippen LogP contribution in [0.4, 0.5) is 8.78 Å². The number of nitrogens with zero attached hydrogens (tertiary/aromatic N) is 2. The number of amides is 1. The molecule has 1 aliphatic rings. The number of nitrogens with one attached hydrogen (secondary N) is 1. The van der Waals surface area contributed by atoms with Crippen molar-refractivity contribution in [3.05, 3.63) is 70.8 Å². The Morgan fingerprint density at radius 3 is 2.19 bits per heavy atom. The van der Waals surface area contributed by atoms with Crippen LogP contribution in [0.1, 0.15) is 28.4 Å². The number of piperazine rings is 1. The van der Waals surface area contributed by atoms with Crippen molar-refractivity contribution in [2.45, 2.75) is 20.0 Å². The highest BCUT2D eigenvalue weighted by Gasteiger charge is 2.17. The maximum Gasteiger partial charge on any atom is 0.251 e. The number of rotatable bonds is 6. The highest BCUT2D eigenvalue weighted by molar-refractivity contribution is 5.94. The van der Waals surface area contributed by atoms with E-state index in [-0.39, 0.29) is 5.56 Å². The van der Waals surface area contributed by atoms with E-state index in [0.717, 1.165) is 68.6 Å². The number of likely N-dealkylation sites (N-methyl/N-ethyl adjacent to an activating group) is 1. The standard InChI is InChI=1S/C21H25F2N3O/c1-2-25-7-9-26(10-8-25)15-17-6-4-3-5-16(17)14-24-21(27)18-11-19(22)13-20(23)12-18/h3-6,11-13H,2,7-10,14-15H2,1H3,(H,24,27). The van der Waals surface area contributed by atoms with Gasteiger partial charge in [-0.2, -0.15) is 0 Å². The zero-order chi connectivity index (χ0) is 19.2. The molecule has 27 heavy (non-hydrogen) atoms. The minimum atomic E-state index is -0.758. The first-order valence-corrected chi connectivity index (χ1v) is 9.31. The monoisotopic (exact) mass is 373 g/mol. The molecule has 1 saturated heterocycles. The van der Waals surface area contributed by atoms with E-state index < -0.39 is 17.5 Å². The molecule has 0 aliphatic carbocycles. The van der Waals surface area contributed by atoms with Crippen LogP contribution in [0.3, 0.4) is 0 Å². The molecular formula is C21H25F2N3O. The van der Waals surface area contributed by atoms with Gasteiger partial charge in [-0.1, -0.05) is 31.2 Å². The lowest BCUT2D eigenvalue weighted by Crippen LogP contribution is -2.45. The van der Waals surface area contributed by atoms with Crippen molar-refractivity contribution in [2.24, 2.45) is 0 Å². The Bertz CT molecular complexity index is 768. The number of halogens is 2. The second kappa shape index (κ2) is 9.06. The Kier molecular flexibility index (Phi) is 6.53. The predicted octanol–water partition coefficient (Wildman–Crippen LogP) is 3.03. The zero-order valence-electron chi connectivity index (χ0n) is 15.5. The van der Waals surface area contributed by atoms with Gasteiger partial charge in [0.2, 0.25) is 0 Å². The maximum atomic E-state index is 13.3. The lowest BCUT2D eigenvalue weighted by atomic mass is 10.1. The summed E-state index contributed by atoms with van der Waals surface area (Å²) in [5, 5.41) is 2.76. The number of benzene rings is 2. The van der Waals surface area contributed by atoms with Gasteiger partial charge in [-0.05, 0) is 29.8 Å². The minimum Gasteiger partial charge on any atom is -0.348 e. The van der Waals surface area contributed by atoms with Crippen molar-refractivity contribution in [1.29, 1.82) is 0 Å². The lowest BCUT2D eigenvalue weighted by molar-refractivity contribution is 0.0949. The lowest BCUT2D eigenvalue weighted by Gasteiger charge is -2.34. The van der Waals surface area contributed by atoms with Gasteiger partial charge in [-0.3, -0.25) is 9.69 Å². The maximum absolute atomic E-state index is 13.3. The second-order valence-corrected chi connectivity index (χ2v) is 6.82. The molecule has 3 rings (SSSR count). The fraction of sp³-hybridized carbons (Fsp3) is 0.381. The highest BCUT2D eigenvalue weighted by Crippen LogP contribution is 2.14. The molecular weight excluding hydrogens is 348 g/mol. The Morgan fingerprint density at radius 1 is 0.963 bits per heavy atom. The Hall–Kier alpha value is -2.31. The second-order valence-electron chi connectivity index (χ2n) is 6.82. The Morgan fingerprint density at radius 2 is 1.56 bits per heavy atom. The average Bonchev–Trinajstić information content (AvgIpc) is 2.67. The summed E-state index contributed by atoms with van der Waals surface area (Å²) in [5.41, 5.74) is 2.16. The SMILES string of the molecule is CCN1CCN(Cc2ccccc2CNC(=O)c2cc(F)cc(F)c2)CC1. The zero-order valence-corrected chi connectivity index (χ0v) is 15.5. The van der Waals surface area contributed by atoms with Crippen LogP contribution in [0.2, 0.25) is 0 Å². The van der Waals surface area contributed by atoms with Gasteiger partial charge in [0.05, 0.1) is 0 Å². The van der Waals surface area contributed by atoms with Crippen LogP contribution in [0.15, 0.2) is 42.5 Å². The van der Waals surface area contributed by atoms with Gasteiger partial charge in [0.25, 0.3) is 5.91 Å². The van der Waals surface area contributed by atoms with Gasteiger partial charge in [0, 0.05) is 50.9 Å². The third-order valence-electron chi connectivity index (χ3n) is 4.99. The van der Waals surface area contributed by atoms with Gasteiger partial charge in [-0.15, -0.1) is 0 Å². The third kappa shape index (κ3) is 5.34. The van der Waals surface area contributed by atoms with Crippen LogP contribution >= 0.6 is 0 Å². The quantitative estimate of drug-likeness (QED) is 0.846. The van der Waals surface area contributed by atoms with Crippen LogP contribution < -0.4 is 5.32 Å². The molecule has 1 aliphatic heterocycles. The van der Waals surface area contributed by atoms with E-state index in [1.165, 1.54) is 0 Å². The van der Waals surface area contributed by atoms with Crippen molar-refractivity contribution in [1.82, 2.24) is 15.1 Å². The molecule has 2 aromatic carbocycles. The smallest absolute Gasteiger partial charge is 0.251 e. The van der Waals surface area contributed by atoms with Gasteiger partial charge >= 0.3 is 0 Å². The summed E-state index contributed by atoms with van der Waals surface area (Å²) in [4.78, 5) is 17.1. The number of carbonyl (C=O) groups excluding carboxylic acids is 1. The minimum absolute atomic E-state index is 0.0133. The van der Waals surface area contributed by atoms with Crippen molar-refractivity contribution in [2.75, 3.05) is 32.7 Å². The first kappa shape index (κ1) is 19.5. The van der Waals surface area contributed by atoms with Gasteiger partial charge < -0.3 is 10.2 Å². The molecule has 144 valence electrons. The largest absolute Gasteiger partial charge is 0.348 e. The molecule has 1 heterocycles. The van der Waals surface area contributed by atoms with Gasteiger partial charge in [-0.25, -0.2) is 8.78 Å². The molecule has 1 N–H and O–H groups in total. The molecule has 4 nitrogen and oxygen atoms in total. The first-order valence-electron chi connectivity index (χ1n) is 9.31. The molecule has 0 atom stereocenters.